The van der Waals surface area contributed by atoms with Crippen LogP contribution in [0, 0.1) is 5.92 Å². The summed E-state index contributed by atoms with van der Waals surface area (Å²) in [6, 6.07) is 0. The molecular formula is C9H12O3. The molecule has 1 rings (SSSR count). The number of methoxy groups -OCH3 is 1. The lowest BCUT2D eigenvalue weighted by molar-refractivity contribution is -0.141. The molecule has 0 bridgehead atoms. The highest BCUT2D eigenvalue weighted by Gasteiger charge is 2.16. The molecule has 0 spiro atoms. The molecule has 3 nitrogen and oxygen atoms in total. The van der Waals surface area contributed by atoms with Crippen LogP contribution in [0.5, 0.6) is 0 Å². The van der Waals surface area contributed by atoms with Gasteiger partial charge in [0.1, 0.15) is 0 Å². The standard InChI is InChI=1S/C9H12O3/c1-12-9(11)6-7-2-4-8(10)5-3-7/h2,4,7H,3,5-6H2,1H3. The summed E-state index contributed by atoms with van der Waals surface area (Å²) < 4.78 is 4.52. The number of hydrogen-bond acceptors (Lipinski definition) is 3. The summed E-state index contributed by atoms with van der Waals surface area (Å²) in [4.78, 5) is 21.6. The molecule has 0 heterocycles. The highest BCUT2D eigenvalue weighted by atomic mass is 16.5. The normalized spacial score (nSPS) is 22.4. The lowest BCUT2D eigenvalue weighted by atomic mass is 9.92. The van der Waals surface area contributed by atoms with Gasteiger partial charge in [-0.25, -0.2) is 0 Å². The number of carbonyl (C=O) groups excluding carboxylic acids is 2. The molecule has 0 aromatic rings. The van der Waals surface area contributed by atoms with Crippen molar-refractivity contribution in [1.82, 2.24) is 0 Å². The number of hydrogen-bond donors (Lipinski definition) is 0. The van der Waals surface area contributed by atoms with E-state index >= 15 is 0 Å². The van der Waals surface area contributed by atoms with Gasteiger partial charge < -0.3 is 4.74 Å². The highest BCUT2D eigenvalue weighted by Crippen LogP contribution is 2.18. The predicted molar refractivity (Wildman–Crippen MR) is 43.5 cm³/mol. The van der Waals surface area contributed by atoms with Gasteiger partial charge in [-0.05, 0) is 18.4 Å². The zero-order valence-electron chi connectivity index (χ0n) is 7.08. The molecule has 0 radical (unpaired) electrons. The molecule has 0 aromatic carbocycles. The van der Waals surface area contributed by atoms with Crippen LogP contribution in [0.4, 0.5) is 0 Å². The van der Waals surface area contributed by atoms with E-state index in [1.165, 1.54) is 7.11 Å². The molecule has 1 atom stereocenters. The van der Waals surface area contributed by atoms with E-state index in [4.69, 9.17) is 0 Å². The second-order valence-electron chi connectivity index (χ2n) is 2.90. The van der Waals surface area contributed by atoms with Crippen molar-refractivity contribution >= 4 is 11.8 Å². The molecule has 0 amide bonds. The Hall–Kier alpha value is -1.12. The molecule has 0 fully saturated rings. The van der Waals surface area contributed by atoms with Crippen LogP contribution in [-0.4, -0.2) is 18.9 Å². The van der Waals surface area contributed by atoms with Gasteiger partial charge in [-0.3, -0.25) is 9.59 Å². The first-order valence-corrected chi connectivity index (χ1v) is 4.00. The largest absolute Gasteiger partial charge is 0.469 e. The first-order valence-electron chi connectivity index (χ1n) is 4.00. The van der Waals surface area contributed by atoms with Gasteiger partial charge in [0.2, 0.25) is 0 Å². The van der Waals surface area contributed by atoms with Gasteiger partial charge in [-0.1, -0.05) is 6.08 Å². The summed E-state index contributed by atoms with van der Waals surface area (Å²) >= 11 is 0. The Kier molecular flexibility index (Phi) is 3.02. The van der Waals surface area contributed by atoms with Crippen molar-refractivity contribution in [1.29, 1.82) is 0 Å². The minimum absolute atomic E-state index is 0.149. The third kappa shape index (κ3) is 2.49. The maximum absolute atomic E-state index is 10.8. The lowest BCUT2D eigenvalue weighted by Gasteiger charge is -2.13. The minimum atomic E-state index is -0.209. The van der Waals surface area contributed by atoms with Crippen LogP contribution in [0.2, 0.25) is 0 Å². The number of esters is 1. The Morgan fingerprint density at radius 2 is 2.50 bits per heavy atom. The molecule has 0 N–H and O–H groups in total. The molecule has 66 valence electrons. The fourth-order valence-electron chi connectivity index (χ4n) is 1.22. The second-order valence-corrected chi connectivity index (χ2v) is 2.90. The maximum Gasteiger partial charge on any atom is 0.306 e. The smallest absolute Gasteiger partial charge is 0.306 e. The highest BCUT2D eigenvalue weighted by molar-refractivity contribution is 5.90. The van der Waals surface area contributed by atoms with E-state index in [1.54, 1.807) is 12.2 Å². The van der Waals surface area contributed by atoms with Crippen LogP contribution in [0.25, 0.3) is 0 Å². The summed E-state index contributed by atoms with van der Waals surface area (Å²) in [5.41, 5.74) is 0. The van der Waals surface area contributed by atoms with E-state index < -0.39 is 0 Å². The molecule has 0 saturated carbocycles. The molecule has 1 unspecified atom stereocenters. The lowest BCUT2D eigenvalue weighted by Crippen LogP contribution is -2.13. The van der Waals surface area contributed by atoms with Crippen molar-refractivity contribution < 1.29 is 14.3 Å². The average molecular weight is 168 g/mol. The van der Waals surface area contributed by atoms with Gasteiger partial charge >= 0.3 is 5.97 Å². The van der Waals surface area contributed by atoms with E-state index in [-0.39, 0.29) is 17.7 Å². The summed E-state index contributed by atoms with van der Waals surface area (Å²) in [5.74, 6) is 0.130. The van der Waals surface area contributed by atoms with Crippen LogP contribution >= 0.6 is 0 Å². The second kappa shape index (κ2) is 4.04. The van der Waals surface area contributed by atoms with Crippen LogP contribution in [0.1, 0.15) is 19.3 Å². The number of ether oxygens (including phenoxy) is 1. The molecular weight excluding hydrogens is 156 g/mol. The van der Waals surface area contributed by atoms with Crippen molar-refractivity contribution in [3.63, 3.8) is 0 Å². The summed E-state index contributed by atoms with van der Waals surface area (Å²) in [6.45, 7) is 0. The monoisotopic (exact) mass is 168 g/mol. The first kappa shape index (κ1) is 8.97. The minimum Gasteiger partial charge on any atom is -0.469 e. The maximum atomic E-state index is 10.8. The molecule has 3 heteroatoms. The number of rotatable bonds is 2. The number of carbonyl (C=O) groups is 2. The fraction of sp³-hybridized carbons (Fsp3) is 0.556. The van der Waals surface area contributed by atoms with Crippen molar-refractivity contribution in [2.24, 2.45) is 5.92 Å². The molecule has 0 aliphatic heterocycles. The van der Waals surface area contributed by atoms with Gasteiger partial charge in [-0.15, -0.1) is 0 Å². The third-order valence-electron chi connectivity index (χ3n) is 1.97. The van der Waals surface area contributed by atoms with Gasteiger partial charge in [-0.2, -0.15) is 0 Å². The summed E-state index contributed by atoms with van der Waals surface area (Å²) in [6.07, 6.45) is 5.06. The Labute approximate surface area is 71.4 Å². The Balaban J connectivity index is 2.40. The van der Waals surface area contributed by atoms with Crippen molar-refractivity contribution in [2.45, 2.75) is 19.3 Å². The van der Waals surface area contributed by atoms with Crippen molar-refractivity contribution in [3.8, 4) is 0 Å². The van der Waals surface area contributed by atoms with Crippen LogP contribution < -0.4 is 0 Å². The van der Waals surface area contributed by atoms with E-state index in [0.29, 0.717) is 12.8 Å². The van der Waals surface area contributed by atoms with Gasteiger partial charge in [0, 0.05) is 6.42 Å². The van der Waals surface area contributed by atoms with Crippen LogP contribution in [0.3, 0.4) is 0 Å². The van der Waals surface area contributed by atoms with Gasteiger partial charge in [0.25, 0.3) is 0 Å². The summed E-state index contributed by atoms with van der Waals surface area (Å²) in [7, 11) is 1.38. The number of allylic oxidation sites excluding steroid dienone is 2. The predicted octanol–water partition coefficient (Wildman–Crippen LogP) is 1.08. The molecule has 1 aliphatic rings. The Morgan fingerprint density at radius 3 is 3.00 bits per heavy atom. The van der Waals surface area contributed by atoms with E-state index in [9.17, 15) is 9.59 Å². The third-order valence-corrected chi connectivity index (χ3v) is 1.97. The zero-order valence-corrected chi connectivity index (χ0v) is 7.08. The molecule has 0 aromatic heterocycles. The number of ketones is 1. The summed E-state index contributed by atoms with van der Waals surface area (Å²) in [5, 5.41) is 0. The van der Waals surface area contributed by atoms with Crippen LogP contribution in [0.15, 0.2) is 12.2 Å². The zero-order chi connectivity index (χ0) is 8.97. The molecule has 0 saturated heterocycles. The van der Waals surface area contributed by atoms with Gasteiger partial charge in [0.05, 0.1) is 13.5 Å². The van der Waals surface area contributed by atoms with Crippen molar-refractivity contribution in [3.05, 3.63) is 12.2 Å². The average Bonchev–Trinajstić information content (AvgIpc) is 2.09. The topological polar surface area (TPSA) is 43.4 Å². The van der Waals surface area contributed by atoms with E-state index in [1.807, 2.05) is 0 Å². The van der Waals surface area contributed by atoms with E-state index in [2.05, 4.69) is 4.74 Å². The Bertz CT molecular complexity index is 218. The Morgan fingerprint density at radius 1 is 1.75 bits per heavy atom. The van der Waals surface area contributed by atoms with Gasteiger partial charge in [0.15, 0.2) is 5.78 Å². The molecule has 1 aliphatic carbocycles. The SMILES string of the molecule is COC(=O)CC1C=CC(=O)CC1. The molecule has 12 heavy (non-hydrogen) atoms. The quantitative estimate of drug-likeness (QED) is 0.579. The fourth-order valence-corrected chi connectivity index (χ4v) is 1.22. The first-order chi connectivity index (χ1) is 5.72. The van der Waals surface area contributed by atoms with Crippen molar-refractivity contribution in [2.75, 3.05) is 7.11 Å². The van der Waals surface area contributed by atoms with Crippen LogP contribution in [-0.2, 0) is 14.3 Å². The van der Waals surface area contributed by atoms with E-state index in [0.717, 1.165) is 6.42 Å².